The van der Waals surface area contributed by atoms with E-state index >= 15 is 0 Å². The molecular weight excluding hydrogens is 272 g/mol. The van der Waals surface area contributed by atoms with Gasteiger partial charge in [-0.15, -0.1) is 0 Å². The number of hydrogen-bond acceptors (Lipinski definition) is 5. The van der Waals surface area contributed by atoms with Crippen LogP contribution in [-0.2, 0) is 0 Å². The Bertz CT molecular complexity index is 683. The van der Waals surface area contributed by atoms with Crippen molar-refractivity contribution in [2.75, 3.05) is 6.61 Å². The first-order valence-electron chi connectivity index (χ1n) is 6.35. The molecule has 0 aliphatic carbocycles. The van der Waals surface area contributed by atoms with Crippen molar-refractivity contribution in [1.82, 2.24) is 0 Å². The Labute approximate surface area is 121 Å². The molecule has 108 valence electrons. The topological polar surface area (TPSA) is 85.0 Å². The summed E-state index contributed by atoms with van der Waals surface area (Å²) in [4.78, 5) is 14.5. The highest BCUT2D eigenvalue weighted by atomic mass is 16.6. The summed E-state index contributed by atoms with van der Waals surface area (Å²) in [7, 11) is 0. The standard InChI is InChI=1S/C15H14N2O4/c1-2-21-12-7-8-13(15(18)9-12)16-10-11-5-3-4-6-14(11)17(19)20/h3-10,18H,2H2,1H3. The van der Waals surface area contributed by atoms with Gasteiger partial charge in [0.2, 0.25) is 0 Å². The number of nitrogens with zero attached hydrogens (tertiary/aromatic N) is 2. The maximum Gasteiger partial charge on any atom is 0.278 e. The fourth-order valence-electron chi connectivity index (χ4n) is 1.77. The summed E-state index contributed by atoms with van der Waals surface area (Å²) in [6.07, 6.45) is 1.35. The van der Waals surface area contributed by atoms with Crippen molar-refractivity contribution in [3.63, 3.8) is 0 Å². The summed E-state index contributed by atoms with van der Waals surface area (Å²) in [6, 6.07) is 11.0. The zero-order chi connectivity index (χ0) is 15.2. The smallest absolute Gasteiger partial charge is 0.278 e. The van der Waals surface area contributed by atoms with Crippen molar-refractivity contribution in [2.24, 2.45) is 4.99 Å². The molecule has 2 rings (SSSR count). The molecule has 0 aliphatic heterocycles. The number of aliphatic imine (C=N–C) groups is 1. The fourth-order valence-corrected chi connectivity index (χ4v) is 1.77. The van der Waals surface area contributed by atoms with E-state index in [1.807, 2.05) is 6.92 Å². The van der Waals surface area contributed by atoms with E-state index in [9.17, 15) is 15.2 Å². The van der Waals surface area contributed by atoms with E-state index in [1.165, 1.54) is 18.3 Å². The number of nitro benzene ring substituents is 1. The molecule has 0 fully saturated rings. The van der Waals surface area contributed by atoms with Crippen LogP contribution in [0.4, 0.5) is 11.4 Å². The predicted molar refractivity (Wildman–Crippen MR) is 79.6 cm³/mol. The van der Waals surface area contributed by atoms with Crippen LogP contribution in [0.25, 0.3) is 0 Å². The molecule has 0 saturated carbocycles. The first-order chi connectivity index (χ1) is 10.1. The van der Waals surface area contributed by atoms with E-state index in [4.69, 9.17) is 4.74 Å². The second kappa shape index (κ2) is 6.51. The number of phenolic OH excluding ortho intramolecular Hbond substituents is 1. The van der Waals surface area contributed by atoms with E-state index in [-0.39, 0.29) is 11.4 Å². The van der Waals surface area contributed by atoms with E-state index < -0.39 is 4.92 Å². The van der Waals surface area contributed by atoms with Gasteiger partial charge in [-0.2, -0.15) is 0 Å². The molecule has 2 aromatic rings. The largest absolute Gasteiger partial charge is 0.506 e. The van der Waals surface area contributed by atoms with E-state index in [2.05, 4.69) is 4.99 Å². The summed E-state index contributed by atoms with van der Waals surface area (Å²) >= 11 is 0. The third kappa shape index (κ3) is 3.56. The summed E-state index contributed by atoms with van der Waals surface area (Å²) < 4.78 is 5.25. The van der Waals surface area contributed by atoms with Crippen LogP contribution in [0.2, 0.25) is 0 Å². The molecule has 0 heterocycles. The average molecular weight is 286 g/mol. The predicted octanol–water partition coefficient (Wildman–Crippen LogP) is 3.45. The SMILES string of the molecule is CCOc1ccc(N=Cc2ccccc2[N+](=O)[O-])c(O)c1. The van der Waals surface area contributed by atoms with Gasteiger partial charge in [0, 0.05) is 18.3 Å². The molecule has 0 spiro atoms. The Morgan fingerprint density at radius 2 is 2.10 bits per heavy atom. The van der Waals surface area contributed by atoms with Crippen LogP contribution in [-0.4, -0.2) is 22.9 Å². The highest BCUT2D eigenvalue weighted by molar-refractivity contribution is 5.87. The summed E-state index contributed by atoms with van der Waals surface area (Å²) in [5.74, 6) is 0.496. The summed E-state index contributed by atoms with van der Waals surface area (Å²) in [5.41, 5.74) is 0.652. The maximum absolute atomic E-state index is 10.9. The minimum atomic E-state index is -0.473. The van der Waals surface area contributed by atoms with E-state index in [1.54, 1.807) is 30.3 Å². The molecule has 0 saturated heterocycles. The van der Waals surface area contributed by atoms with Gasteiger partial charge < -0.3 is 9.84 Å². The van der Waals surface area contributed by atoms with E-state index in [0.29, 0.717) is 23.6 Å². The fraction of sp³-hybridized carbons (Fsp3) is 0.133. The second-order valence-corrected chi connectivity index (χ2v) is 4.16. The molecule has 0 aromatic heterocycles. The highest BCUT2D eigenvalue weighted by Gasteiger charge is 2.10. The zero-order valence-corrected chi connectivity index (χ0v) is 11.4. The van der Waals surface area contributed by atoms with Gasteiger partial charge in [-0.05, 0) is 25.1 Å². The van der Waals surface area contributed by atoms with E-state index in [0.717, 1.165) is 0 Å². The lowest BCUT2D eigenvalue weighted by atomic mass is 10.2. The average Bonchev–Trinajstić information content (AvgIpc) is 2.47. The van der Waals surface area contributed by atoms with Gasteiger partial charge in [0.05, 0.1) is 17.1 Å². The van der Waals surface area contributed by atoms with Crippen molar-refractivity contribution >= 4 is 17.6 Å². The van der Waals surface area contributed by atoms with Gasteiger partial charge in [-0.25, -0.2) is 0 Å². The Kier molecular flexibility index (Phi) is 4.50. The molecule has 6 nitrogen and oxygen atoms in total. The van der Waals surface area contributed by atoms with Crippen LogP contribution in [0.1, 0.15) is 12.5 Å². The van der Waals surface area contributed by atoms with Gasteiger partial charge in [-0.3, -0.25) is 15.1 Å². The normalized spacial score (nSPS) is 10.7. The molecule has 0 unspecified atom stereocenters. The number of nitro groups is 1. The number of ether oxygens (including phenoxy) is 1. The number of phenols is 1. The Morgan fingerprint density at radius 3 is 2.76 bits per heavy atom. The van der Waals surface area contributed by atoms with Gasteiger partial charge in [0.15, 0.2) is 0 Å². The van der Waals surface area contributed by atoms with Crippen LogP contribution in [0.5, 0.6) is 11.5 Å². The van der Waals surface area contributed by atoms with Gasteiger partial charge in [0.1, 0.15) is 17.2 Å². The number of rotatable bonds is 5. The minimum absolute atomic E-state index is 0.0355. The number of aromatic hydroxyl groups is 1. The summed E-state index contributed by atoms with van der Waals surface area (Å²) in [6.45, 7) is 2.34. The Hall–Kier alpha value is -2.89. The molecule has 21 heavy (non-hydrogen) atoms. The van der Waals surface area contributed by atoms with Crippen molar-refractivity contribution in [2.45, 2.75) is 6.92 Å². The third-order valence-corrected chi connectivity index (χ3v) is 2.73. The molecule has 0 radical (unpaired) electrons. The van der Waals surface area contributed by atoms with Crippen LogP contribution < -0.4 is 4.74 Å². The van der Waals surface area contributed by atoms with Crippen LogP contribution in [0.15, 0.2) is 47.5 Å². The lowest BCUT2D eigenvalue weighted by Crippen LogP contribution is -1.93. The molecule has 2 aromatic carbocycles. The maximum atomic E-state index is 10.9. The number of para-hydroxylation sites is 1. The van der Waals surface area contributed by atoms with Crippen LogP contribution >= 0.6 is 0 Å². The Balaban J connectivity index is 2.28. The first-order valence-corrected chi connectivity index (χ1v) is 6.35. The van der Waals surface area contributed by atoms with Gasteiger partial charge in [-0.1, -0.05) is 12.1 Å². The molecule has 1 N–H and O–H groups in total. The molecular formula is C15H14N2O4. The van der Waals surface area contributed by atoms with Crippen molar-refractivity contribution in [3.8, 4) is 11.5 Å². The van der Waals surface area contributed by atoms with Crippen molar-refractivity contribution < 1.29 is 14.8 Å². The minimum Gasteiger partial charge on any atom is -0.506 e. The molecule has 0 aliphatic rings. The van der Waals surface area contributed by atoms with Crippen LogP contribution in [0.3, 0.4) is 0 Å². The second-order valence-electron chi connectivity index (χ2n) is 4.16. The van der Waals surface area contributed by atoms with Crippen molar-refractivity contribution in [3.05, 3.63) is 58.1 Å². The molecule has 0 amide bonds. The number of hydrogen-bond donors (Lipinski definition) is 1. The lowest BCUT2D eigenvalue weighted by Gasteiger charge is -2.04. The first kappa shape index (κ1) is 14.5. The van der Waals surface area contributed by atoms with Crippen LogP contribution in [0, 0.1) is 10.1 Å². The van der Waals surface area contributed by atoms with Crippen molar-refractivity contribution in [1.29, 1.82) is 0 Å². The molecule has 0 bridgehead atoms. The highest BCUT2D eigenvalue weighted by Crippen LogP contribution is 2.30. The Morgan fingerprint density at radius 1 is 1.33 bits per heavy atom. The quantitative estimate of drug-likeness (QED) is 0.518. The zero-order valence-electron chi connectivity index (χ0n) is 11.4. The monoisotopic (exact) mass is 286 g/mol. The number of benzene rings is 2. The summed E-state index contributed by atoms with van der Waals surface area (Å²) in [5, 5.41) is 20.7. The third-order valence-electron chi connectivity index (χ3n) is 2.73. The lowest BCUT2D eigenvalue weighted by molar-refractivity contribution is -0.385. The molecule has 0 atom stereocenters. The van der Waals surface area contributed by atoms with Gasteiger partial charge >= 0.3 is 0 Å². The van der Waals surface area contributed by atoms with Gasteiger partial charge in [0.25, 0.3) is 5.69 Å². The molecule has 6 heteroatoms.